The minimum absolute atomic E-state index is 0.0267. The van der Waals surface area contributed by atoms with Crippen LogP contribution in [0.1, 0.15) is 25.8 Å². The Morgan fingerprint density at radius 2 is 1.92 bits per heavy atom. The summed E-state index contributed by atoms with van der Waals surface area (Å²) < 4.78 is 15.2. The molecule has 0 unspecified atom stereocenters. The fraction of sp³-hybridized carbons (Fsp3) is 0.444. The van der Waals surface area contributed by atoms with Gasteiger partial charge in [0.25, 0.3) is 0 Å². The van der Waals surface area contributed by atoms with Gasteiger partial charge in [0.15, 0.2) is 0 Å². The standard InChI is InChI=1S/C18H25NO5/c1-6-12(2)17(18(21)24-5)19-16(20)10-7-13-11-14(22-3)8-9-15(13)23-4/h7-12,17H,6H2,1-5H3,(H,19,20)/b10-7+/t12-,17-/m0/s1. The maximum absolute atomic E-state index is 12.1. The third-order valence-corrected chi connectivity index (χ3v) is 3.82. The molecule has 0 heterocycles. The fourth-order valence-corrected chi connectivity index (χ4v) is 2.13. The van der Waals surface area contributed by atoms with Crippen molar-refractivity contribution in [2.45, 2.75) is 26.3 Å². The second kappa shape index (κ2) is 9.60. The van der Waals surface area contributed by atoms with Crippen molar-refractivity contribution in [3.8, 4) is 11.5 Å². The second-order valence-electron chi connectivity index (χ2n) is 5.34. The highest BCUT2D eigenvalue weighted by atomic mass is 16.5. The Kier molecular flexibility index (Phi) is 7.82. The molecular weight excluding hydrogens is 310 g/mol. The molecule has 0 aliphatic rings. The highest BCUT2D eigenvalue weighted by Crippen LogP contribution is 2.25. The van der Waals surface area contributed by atoms with Crippen LogP contribution in [0.25, 0.3) is 6.08 Å². The van der Waals surface area contributed by atoms with Crippen LogP contribution >= 0.6 is 0 Å². The van der Waals surface area contributed by atoms with E-state index in [-0.39, 0.29) is 11.8 Å². The lowest BCUT2D eigenvalue weighted by atomic mass is 9.99. The lowest BCUT2D eigenvalue weighted by molar-refractivity contribution is -0.146. The number of benzene rings is 1. The maximum Gasteiger partial charge on any atom is 0.328 e. The van der Waals surface area contributed by atoms with Crippen LogP contribution in [0, 0.1) is 5.92 Å². The molecule has 0 radical (unpaired) electrons. The van der Waals surface area contributed by atoms with Crippen LogP contribution in [0.2, 0.25) is 0 Å². The van der Waals surface area contributed by atoms with Crippen LogP contribution in [0.15, 0.2) is 24.3 Å². The molecule has 0 aliphatic carbocycles. The summed E-state index contributed by atoms with van der Waals surface area (Å²) in [4.78, 5) is 24.0. The van der Waals surface area contributed by atoms with Crippen LogP contribution in [0.4, 0.5) is 0 Å². The molecule has 1 rings (SSSR count). The molecule has 1 aromatic carbocycles. The van der Waals surface area contributed by atoms with Crippen LogP contribution in [-0.4, -0.2) is 39.2 Å². The van der Waals surface area contributed by atoms with Crippen molar-refractivity contribution in [2.75, 3.05) is 21.3 Å². The predicted octanol–water partition coefficient (Wildman–Crippen LogP) is 2.42. The van der Waals surface area contributed by atoms with E-state index in [9.17, 15) is 9.59 Å². The van der Waals surface area contributed by atoms with Gasteiger partial charge in [-0.15, -0.1) is 0 Å². The van der Waals surface area contributed by atoms with Crippen molar-refractivity contribution >= 4 is 18.0 Å². The number of hydrogen-bond acceptors (Lipinski definition) is 5. The number of carbonyl (C=O) groups is 2. The first-order valence-corrected chi connectivity index (χ1v) is 7.75. The molecule has 1 N–H and O–H groups in total. The second-order valence-corrected chi connectivity index (χ2v) is 5.34. The van der Waals surface area contributed by atoms with E-state index in [1.165, 1.54) is 13.2 Å². The minimum Gasteiger partial charge on any atom is -0.497 e. The van der Waals surface area contributed by atoms with Crippen molar-refractivity contribution in [3.05, 3.63) is 29.8 Å². The highest BCUT2D eigenvalue weighted by molar-refractivity contribution is 5.95. The highest BCUT2D eigenvalue weighted by Gasteiger charge is 2.25. The Bertz CT molecular complexity index is 597. The van der Waals surface area contributed by atoms with Crippen molar-refractivity contribution in [1.82, 2.24) is 5.32 Å². The van der Waals surface area contributed by atoms with Gasteiger partial charge in [-0.05, 0) is 30.2 Å². The summed E-state index contributed by atoms with van der Waals surface area (Å²) in [7, 11) is 4.42. The van der Waals surface area contributed by atoms with Crippen LogP contribution in [0.3, 0.4) is 0 Å². The molecule has 0 aromatic heterocycles. The van der Waals surface area contributed by atoms with Crippen molar-refractivity contribution < 1.29 is 23.8 Å². The molecule has 6 heteroatoms. The lowest BCUT2D eigenvalue weighted by Crippen LogP contribution is -2.45. The first-order chi connectivity index (χ1) is 11.5. The van der Waals surface area contributed by atoms with Gasteiger partial charge in [-0.2, -0.15) is 0 Å². The predicted molar refractivity (Wildman–Crippen MR) is 92.0 cm³/mol. The summed E-state index contributed by atoms with van der Waals surface area (Å²) in [6.07, 6.45) is 3.71. The molecular formula is C18H25NO5. The average molecular weight is 335 g/mol. The monoisotopic (exact) mass is 335 g/mol. The Morgan fingerprint density at radius 1 is 1.21 bits per heavy atom. The summed E-state index contributed by atoms with van der Waals surface area (Å²) >= 11 is 0. The molecule has 1 amide bonds. The van der Waals surface area contributed by atoms with Gasteiger partial charge >= 0.3 is 5.97 Å². The van der Waals surface area contributed by atoms with Crippen molar-refractivity contribution in [1.29, 1.82) is 0 Å². The van der Waals surface area contributed by atoms with E-state index in [0.717, 1.165) is 6.42 Å². The quantitative estimate of drug-likeness (QED) is 0.583. The molecule has 0 saturated carbocycles. The Balaban J connectivity index is 2.89. The topological polar surface area (TPSA) is 73.9 Å². The van der Waals surface area contributed by atoms with Gasteiger partial charge in [0.05, 0.1) is 21.3 Å². The first-order valence-electron chi connectivity index (χ1n) is 7.75. The number of carbonyl (C=O) groups excluding carboxylic acids is 2. The third kappa shape index (κ3) is 5.30. The Morgan fingerprint density at radius 3 is 2.46 bits per heavy atom. The summed E-state index contributed by atoms with van der Waals surface area (Å²) in [5, 5.41) is 2.68. The number of methoxy groups -OCH3 is 3. The van der Waals surface area contributed by atoms with Gasteiger partial charge in [0.2, 0.25) is 5.91 Å². The number of nitrogens with one attached hydrogen (secondary N) is 1. The molecule has 1 aromatic rings. The molecule has 24 heavy (non-hydrogen) atoms. The van der Waals surface area contributed by atoms with E-state index < -0.39 is 12.0 Å². The summed E-state index contributed by atoms with van der Waals surface area (Å²) in [5.41, 5.74) is 0.699. The fourth-order valence-electron chi connectivity index (χ4n) is 2.13. The van der Waals surface area contributed by atoms with Crippen LogP contribution in [-0.2, 0) is 14.3 Å². The molecule has 132 valence electrons. The smallest absolute Gasteiger partial charge is 0.328 e. The van der Waals surface area contributed by atoms with E-state index in [4.69, 9.17) is 14.2 Å². The van der Waals surface area contributed by atoms with E-state index in [0.29, 0.717) is 17.1 Å². The van der Waals surface area contributed by atoms with Gasteiger partial charge < -0.3 is 19.5 Å². The van der Waals surface area contributed by atoms with Gasteiger partial charge in [-0.25, -0.2) is 4.79 Å². The zero-order valence-electron chi connectivity index (χ0n) is 14.8. The van der Waals surface area contributed by atoms with Crippen LogP contribution < -0.4 is 14.8 Å². The van der Waals surface area contributed by atoms with E-state index in [2.05, 4.69) is 5.32 Å². The number of ether oxygens (including phenoxy) is 3. The molecule has 2 atom stereocenters. The van der Waals surface area contributed by atoms with Gasteiger partial charge in [-0.1, -0.05) is 20.3 Å². The van der Waals surface area contributed by atoms with Gasteiger partial charge in [-0.3, -0.25) is 4.79 Å². The summed E-state index contributed by atoms with van der Waals surface area (Å²) in [6.45, 7) is 3.83. The third-order valence-electron chi connectivity index (χ3n) is 3.82. The largest absolute Gasteiger partial charge is 0.497 e. The molecule has 0 bridgehead atoms. The normalized spacial score (nSPS) is 13.2. The molecule has 0 saturated heterocycles. The first kappa shape index (κ1) is 19.5. The van der Waals surface area contributed by atoms with Crippen molar-refractivity contribution in [3.63, 3.8) is 0 Å². The van der Waals surface area contributed by atoms with Crippen LogP contribution in [0.5, 0.6) is 11.5 Å². The Hall–Kier alpha value is -2.50. The molecule has 0 spiro atoms. The van der Waals surface area contributed by atoms with Crippen molar-refractivity contribution in [2.24, 2.45) is 5.92 Å². The zero-order chi connectivity index (χ0) is 18.1. The number of amides is 1. The number of hydrogen-bond donors (Lipinski definition) is 1. The summed E-state index contributed by atoms with van der Waals surface area (Å²) in [6, 6.07) is 4.61. The van der Waals surface area contributed by atoms with E-state index in [1.54, 1.807) is 38.5 Å². The Labute approximate surface area is 142 Å². The van der Waals surface area contributed by atoms with Gasteiger partial charge in [0.1, 0.15) is 17.5 Å². The minimum atomic E-state index is -0.677. The van der Waals surface area contributed by atoms with E-state index in [1.807, 2.05) is 13.8 Å². The number of esters is 1. The SMILES string of the molecule is CC[C@H](C)[C@H](NC(=O)/C=C/c1cc(OC)ccc1OC)C(=O)OC. The summed E-state index contributed by atoms with van der Waals surface area (Å²) in [5.74, 6) is 0.413. The van der Waals surface area contributed by atoms with E-state index >= 15 is 0 Å². The zero-order valence-corrected chi connectivity index (χ0v) is 14.8. The lowest BCUT2D eigenvalue weighted by Gasteiger charge is -2.21. The van der Waals surface area contributed by atoms with Gasteiger partial charge in [0, 0.05) is 11.6 Å². The maximum atomic E-state index is 12.1. The number of rotatable bonds is 8. The molecule has 0 fully saturated rings. The molecule has 6 nitrogen and oxygen atoms in total. The molecule has 0 aliphatic heterocycles. The average Bonchev–Trinajstić information content (AvgIpc) is 2.62.